The van der Waals surface area contributed by atoms with Gasteiger partial charge in [0, 0.05) is 6.61 Å². The molecule has 164 valence electrons. The SMILES string of the molecule is CCO[C@H]1O[C@@H](C)[C@H](O)[C@@H](OC(=O)OC(C)(C)C)[C@H]1OS(=O)(=O)c1ccccc1. The summed E-state index contributed by atoms with van der Waals surface area (Å²) in [6.07, 6.45) is -7.28. The fourth-order valence-corrected chi connectivity index (χ4v) is 3.79. The van der Waals surface area contributed by atoms with Crippen molar-refractivity contribution in [2.75, 3.05) is 6.61 Å². The molecule has 1 aliphatic heterocycles. The summed E-state index contributed by atoms with van der Waals surface area (Å²) in [4.78, 5) is 12.1. The van der Waals surface area contributed by atoms with Crippen LogP contribution in [0.25, 0.3) is 0 Å². The minimum atomic E-state index is -4.26. The number of aliphatic hydroxyl groups is 1. The molecule has 10 heteroatoms. The average molecular weight is 432 g/mol. The molecule has 2 rings (SSSR count). The number of hydrogen-bond acceptors (Lipinski definition) is 9. The number of aliphatic hydroxyl groups excluding tert-OH is 1. The van der Waals surface area contributed by atoms with Gasteiger partial charge >= 0.3 is 6.16 Å². The molecule has 1 aliphatic rings. The first kappa shape index (κ1) is 23.6. The van der Waals surface area contributed by atoms with Crippen LogP contribution >= 0.6 is 0 Å². The third kappa shape index (κ3) is 6.38. The van der Waals surface area contributed by atoms with Crippen molar-refractivity contribution in [2.24, 2.45) is 0 Å². The summed E-state index contributed by atoms with van der Waals surface area (Å²) in [6.45, 7) is 8.35. The average Bonchev–Trinajstić information content (AvgIpc) is 2.61. The van der Waals surface area contributed by atoms with Gasteiger partial charge in [0.15, 0.2) is 18.5 Å². The Labute approximate surface area is 171 Å². The highest BCUT2D eigenvalue weighted by Crippen LogP contribution is 2.30. The Bertz CT molecular complexity index is 773. The number of carbonyl (C=O) groups is 1. The quantitative estimate of drug-likeness (QED) is 0.533. The van der Waals surface area contributed by atoms with E-state index in [0.717, 1.165) is 0 Å². The lowest BCUT2D eigenvalue weighted by molar-refractivity contribution is -0.287. The number of rotatable bonds is 6. The summed E-state index contributed by atoms with van der Waals surface area (Å²) in [6, 6.07) is 7.46. The molecule has 1 fully saturated rings. The molecule has 1 saturated heterocycles. The molecule has 29 heavy (non-hydrogen) atoms. The predicted octanol–water partition coefficient (Wildman–Crippen LogP) is 2.22. The van der Waals surface area contributed by atoms with Gasteiger partial charge in [0.1, 0.15) is 11.7 Å². The number of ether oxygens (including phenoxy) is 4. The van der Waals surface area contributed by atoms with Crippen LogP contribution in [0, 0.1) is 0 Å². The second kappa shape index (κ2) is 9.40. The molecular weight excluding hydrogens is 404 g/mol. The van der Waals surface area contributed by atoms with Gasteiger partial charge in [-0.3, -0.25) is 4.18 Å². The highest BCUT2D eigenvalue weighted by atomic mass is 32.2. The fourth-order valence-electron chi connectivity index (χ4n) is 2.70. The van der Waals surface area contributed by atoms with Crippen LogP contribution in [0.5, 0.6) is 0 Å². The van der Waals surface area contributed by atoms with Crippen LogP contribution in [0.2, 0.25) is 0 Å². The molecule has 0 bridgehead atoms. The standard InChI is InChI=1S/C19H28O9S/c1-6-24-17-16(28-29(22,23)13-10-8-7-9-11-13)15(14(20)12(2)25-17)26-18(21)27-19(3,4)5/h7-12,14-17,20H,6H2,1-5H3/t12-,14-,15+,16+,17-/m0/s1. The maximum absolute atomic E-state index is 12.7. The highest BCUT2D eigenvalue weighted by Gasteiger charge is 2.50. The van der Waals surface area contributed by atoms with Crippen molar-refractivity contribution in [2.45, 2.75) is 75.8 Å². The third-order valence-corrected chi connectivity index (χ3v) is 5.31. The van der Waals surface area contributed by atoms with E-state index in [1.807, 2.05) is 0 Å². The van der Waals surface area contributed by atoms with E-state index in [1.54, 1.807) is 52.8 Å². The number of carbonyl (C=O) groups excluding carboxylic acids is 1. The van der Waals surface area contributed by atoms with E-state index in [1.165, 1.54) is 12.1 Å². The Balaban J connectivity index is 2.33. The van der Waals surface area contributed by atoms with E-state index in [2.05, 4.69) is 0 Å². The Hall–Kier alpha value is -1.72. The molecule has 0 radical (unpaired) electrons. The van der Waals surface area contributed by atoms with Gasteiger partial charge in [0.05, 0.1) is 11.0 Å². The molecule has 0 amide bonds. The smallest absolute Gasteiger partial charge is 0.429 e. The van der Waals surface area contributed by atoms with Crippen molar-refractivity contribution in [3.63, 3.8) is 0 Å². The normalized spacial score (nSPS) is 28.0. The summed E-state index contributed by atoms with van der Waals surface area (Å²) in [5, 5.41) is 10.5. The molecule has 0 saturated carbocycles. The van der Waals surface area contributed by atoms with Gasteiger partial charge in [0.2, 0.25) is 0 Å². The summed E-state index contributed by atoms with van der Waals surface area (Å²) in [5.41, 5.74) is -0.843. The molecule has 0 spiro atoms. The molecule has 5 atom stereocenters. The summed E-state index contributed by atoms with van der Waals surface area (Å²) >= 11 is 0. The summed E-state index contributed by atoms with van der Waals surface area (Å²) in [7, 11) is -4.26. The Morgan fingerprint density at radius 3 is 2.34 bits per heavy atom. The van der Waals surface area contributed by atoms with Crippen LogP contribution in [0.1, 0.15) is 34.6 Å². The van der Waals surface area contributed by atoms with Crippen LogP contribution in [-0.2, 0) is 33.2 Å². The first-order valence-electron chi connectivity index (χ1n) is 9.27. The van der Waals surface area contributed by atoms with E-state index in [0.29, 0.717) is 0 Å². The van der Waals surface area contributed by atoms with Gasteiger partial charge in [-0.05, 0) is 46.8 Å². The van der Waals surface area contributed by atoms with Crippen molar-refractivity contribution >= 4 is 16.3 Å². The molecular formula is C19H28O9S. The summed E-state index contributed by atoms with van der Waals surface area (Å²) in [5.74, 6) is 0. The van der Waals surface area contributed by atoms with Crippen LogP contribution in [0.3, 0.4) is 0 Å². The van der Waals surface area contributed by atoms with Gasteiger partial charge in [-0.1, -0.05) is 18.2 Å². The monoisotopic (exact) mass is 432 g/mol. The van der Waals surface area contributed by atoms with Crippen LogP contribution in [0.4, 0.5) is 4.79 Å². The van der Waals surface area contributed by atoms with Gasteiger partial charge in [-0.15, -0.1) is 0 Å². The number of benzene rings is 1. The Kier molecular flexibility index (Phi) is 7.63. The number of hydrogen-bond donors (Lipinski definition) is 1. The van der Waals surface area contributed by atoms with Crippen molar-refractivity contribution in [1.29, 1.82) is 0 Å². The maximum atomic E-state index is 12.7. The lowest BCUT2D eigenvalue weighted by Crippen LogP contribution is -2.60. The van der Waals surface area contributed by atoms with Crippen LogP contribution in [-0.4, -0.2) is 62.6 Å². The molecule has 9 nitrogen and oxygen atoms in total. The van der Waals surface area contributed by atoms with E-state index in [-0.39, 0.29) is 11.5 Å². The van der Waals surface area contributed by atoms with Gasteiger partial charge in [-0.25, -0.2) is 4.79 Å². The van der Waals surface area contributed by atoms with E-state index in [4.69, 9.17) is 23.1 Å². The second-order valence-electron chi connectivity index (χ2n) is 7.53. The zero-order chi connectivity index (χ0) is 21.8. The van der Waals surface area contributed by atoms with Gasteiger partial charge in [-0.2, -0.15) is 8.42 Å². The fraction of sp³-hybridized carbons (Fsp3) is 0.632. The first-order chi connectivity index (χ1) is 13.4. The van der Waals surface area contributed by atoms with E-state index < -0.39 is 52.6 Å². The lowest BCUT2D eigenvalue weighted by Gasteiger charge is -2.42. The largest absolute Gasteiger partial charge is 0.509 e. The van der Waals surface area contributed by atoms with Crippen molar-refractivity contribution < 1.29 is 41.4 Å². The molecule has 1 aromatic rings. The van der Waals surface area contributed by atoms with E-state index in [9.17, 15) is 18.3 Å². The molecule has 0 aliphatic carbocycles. The van der Waals surface area contributed by atoms with Crippen molar-refractivity contribution in [1.82, 2.24) is 0 Å². The zero-order valence-corrected chi connectivity index (χ0v) is 17.9. The minimum absolute atomic E-state index is 0.0978. The second-order valence-corrected chi connectivity index (χ2v) is 9.10. The molecule has 1 aromatic carbocycles. The molecule has 0 aromatic heterocycles. The van der Waals surface area contributed by atoms with Crippen molar-refractivity contribution in [3.05, 3.63) is 30.3 Å². The van der Waals surface area contributed by atoms with Gasteiger partial charge < -0.3 is 24.1 Å². The Morgan fingerprint density at radius 1 is 1.17 bits per heavy atom. The molecule has 1 N–H and O–H groups in total. The van der Waals surface area contributed by atoms with Gasteiger partial charge in [0.25, 0.3) is 10.1 Å². The molecule has 0 unspecified atom stereocenters. The summed E-state index contributed by atoms with van der Waals surface area (Å²) < 4.78 is 52.1. The minimum Gasteiger partial charge on any atom is -0.429 e. The van der Waals surface area contributed by atoms with Crippen LogP contribution < -0.4 is 0 Å². The topological polar surface area (TPSA) is 118 Å². The lowest BCUT2D eigenvalue weighted by atomic mass is 10.00. The third-order valence-electron chi connectivity index (χ3n) is 3.98. The zero-order valence-electron chi connectivity index (χ0n) is 17.1. The first-order valence-corrected chi connectivity index (χ1v) is 10.7. The molecule has 1 heterocycles. The predicted molar refractivity (Wildman–Crippen MR) is 102 cm³/mol. The van der Waals surface area contributed by atoms with E-state index >= 15 is 0 Å². The highest BCUT2D eigenvalue weighted by molar-refractivity contribution is 7.86. The van der Waals surface area contributed by atoms with Crippen molar-refractivity contribution in [3.8, 4) is 0 Å². The Morgan fingerprint density at radius 2 is 1.79 bits per heavy atom. The van der Waals surface area contributed by atoms with Crippen LogP contribution in [0.15, 0.2) is 35.2 Å². The maximum Gasteiger partial charge on any atom is 0.509 e.